The second-order valence-electron chi connectivity index (χ2n) is 3.99. The molecule has 0 saturated heterocycles. The van der Waals surface area contributed by atoms with Crippen LogP contribution in [0.5, 0.6) is 0 Å². The van der Waals surface area contributed by atoms with Crippen molar-refractivity contribution < 1.29 is 8.42 Å². The summed E-state index contributed by atoms with van der Waals surface area (Å²) in [6, 6.07) is 1.50. The van der Waals surface area contributed by atoms with Crippen LogP contribution in [0.3, 0.4) is 0 Å². The van der Waals surface area contributed by atoms with Crippen molar-refractivity contribution in [2.45, 2.75) is 30.7 Å². The molecule has 1 aromatic rings. The molecule has 1 aromatic heterocycles. The zero-order chi connectivity index (χ0) is 13.1. The first-order valence-electron chi connectivity index (χ1n) is 5.03. The molecule has 1 rings (SSSR count). The van der Waals surface area contributed by atoms with Crippen molar-refractivity contribution in [3.63, 3.8) is 0 Å². The Labute approximate surface area is 115 Å². The van der Waals surface area contributed by atoms with Crippen LogP contribution in [-0.2, 0) is 10.0 Å². The van der Waals surface area contributed by atoms with Crippen molar-refractivity contribution in [2.75, 3.05) is 5.88 Å². The molecule has 0 saturated carbocycles. The Morgan fingerprint density at radius 3 is 2.65 bits per heavy atom. The zero-order valence-corrected chi connectivity index (χ0v) is 12.7. The molecule has 17 heavy (non-hydrogen) atoms. The van der Waals surface area contributed by atoms with Gasteiger partial charge in [0.05, 0.1) is 0 Å². The molecular formula is C10H14BrClN2O2S. The van der Waals surface area contributed by atoms with Crippen molar-refractivity contribution in [1.82, 2.24) is 9.71 Å². The highest BCUT2D eigenvalue weighted by atomic mass is 79.9. The fourth-order valence-corrected chi connectivity index (χ4v) is 3.43. The third-order valence-corrected chi connectivity index (χ3v) is 5.08. The van der Waals surface area contributed by atoms with Gasteiger partial charge in [0, 0.05) is 28.3 Å². The maximum atomic E-state index is 12.1. The van der Waals surface area contributed by atoms with Crippen LogP contribution < -0.4 is 4.72 Å². The summed E-state index contributed by atoms with van der Waals surface area (Å²) in [6.07, 6.45) is 3.44. The van der Waals surface area contributed by atoms with Gasteiger partial charge in [-0.2, -0.15) is 0 Å². The van der Waals surface area contributed by atoms with E-state index in [1.165, 1.54) is 18.5 Å². The number of hydrogen-bond acceptors (Lipinski definition) is 3. The van der Waals surface area contributed by atoms with E-state index in [0.29, 0.717) is 10.9 Å². The van der Waals surface area contributed by atoms with Crippen LogP contribution in [0.1, 0.15) is 20.3 Å². The standard InChI is InChI=1S/C10H14BrClN2O2S/c1-3-10(2,7-12)14-17(15,16)9-4-8(11)5-13-6-9/h4-6,14H,3,7H2,1-2H3. The molecular weight excluding hydrogens is 328 g/mol. The predicted octanol–water partition coefficient (Wildman–Crippen LogP) is 2.53. The van der Waals surface area contributed by atoms with E-state index in [0.717, 1.165) is 0 Å². The highest BCUT2D eigenvalue weighted by molar-refractivity contribution is 9.10. The minimum Gasteiger partial charge on any atom is -0.262 e. The topological polar surface area (TPSA) is 59.1 Å². The van der Waals surface area contributed by atoms with E-state index in [9.17, 15) is 8.42 Å². The summed E-state index contributed by atoms with van der Waals surface area (Å²) in [6.45, 7) is 3.65. The van der Waals surface area contributed by atoms with Crippen LogP contribution in [0.15, 0.2) is 27.8 Å². The number of aromatic nitrogens is 1. The van der Waals surface area contributed by atoms with Crippen molar-refractivity contribution in [1.29, 1.82) is 0 Å². The summed E-state index contributed by atoms with van der Waals surface area (Å²) >= 11 is 8.97. The van der Waals surface area contributed by atoms with Gasteiger partial charge in [0.15, 0.2) is 0 Å². The summed E-state index contributed by atoms with van der Waals surface area (Å²) in [5.74, 6) is 0.212. The first-order valence-corrected chi connectivity index (χ1v) is 7.84. The largest absolute Gasteiger partial charge is 0.262 e. The molecule has 96 valence electrons. The van der Waals surface area contributed by atoms with E-state index >= 15 is 0 Å². The van der Waals surface area contributed by atoms with E-state index in [1.807, 2.05) is 6.92 Å². The van der Waals surface area contributed by atoms with E-state index < -0.39 is 15.6 Å². The molecule has 1 unspecified atom stereocenters. The second kappa shape index (κ2) is 5.65. The molecule has 0 amide bonds. The molecule has 0 fully saturated rings. The number of pyridine rings is 1. The summed E-state index contributed by atoms with van der Waals surface area (Å²) in [7, 11) is -3.59. The zero-order valence-electron chi connectivity index (χ0n) is 9.57. The lowest BCUT2D eigenvalue weighted by atomic mass is 10.0. The Hall–Kier alpha value is -0.170. The lowest BCUT2D eigenvalue weighted by Crippen LogP contribution is -2.46. The van der Waals surface area contributed by atoms with Crippen LogP contribution in [0.25, 0.3) is 0 Å². The van der Waals surface area contributed by atoms with Gasteiger partial charge in [0.1, 0.15) is 4.90 Å². The molecule has 0 spiro atoms. The predicted molar refractivity (Wildman–Crippen MR) is 71.7 cm³/mol. The SMILES string of the molecule is CCC(C)(CCl)NS(=O)(=O)c1cncc(Br)c1. The maximum Gasteiger partial charge on any atom is 0.242 e. The van der Waals surface area contributed by atoms with Gasteiger partial charge in [-0.1, -0.05) is 6.92 Å². The molecule has 0 aliphatic heterocycles. The minimum absolute atomic E-state index is 0.122. The van der Waals surface area contributed by atoms with E-state index in [1.54, 1.807) is 6.92 Å². The van der Waals surface area contributed by atoms with Gasteiger partial charge in [-0.15, -0.1) is 11.6 Å². The van der Waals surface area contributed by atoms with Gasteiger partial charge in [0.2, 0.25) is 10.0 Å². The fraction of sp³-hybridized carbons (Fsp3) is 0.500. The van der Waals surface area contributed by atoms with Crippen molar-refractivity contribution in [3.05, 3.63) is 22.9 Å². The van der Waals surface area contributed by atoms with Crippen molar-refractivity contribution in [3.8, 4) is 0 Å². The molecule has 1 heterocycles. The van der Waals surface area contributed by atoms with Crippen LogP contribution in [0, 0.1) is 0 Å². The molecule has 1 N–H and O–H groups in total. The van der Waals surface area contributed by atoms with Crippen molar-refractivity contribution >= 4 is 37.6 Å². The quantitative estimate of drug-likeness (QED) is 0.837. The number of rotatable bonds is 5. The first kappa shape index (κ1) is 14.9. The third-order valence-electron chi connectivity index (χ3n) is 2.45. The number of nitrogens with zero attached hydrogens (tertiary/aromatic N) is 1. The van der Waals surface area contributed by atoms with Gasteiger partial charge in [-0.05, 0) is 35.3 Å². The molecule has 0 aromatic carbocycles. The average Bonchev–Trinajstić information content (AvgIpc) is 2.28. The Morgan fingerprint density at radius 1 is 1.53 bits per heavy atom. The third kappa shape index (κ3) is 3.91. The Bertz CT molecular complexity index is 489. The van der Waals surface area contributed by atoms with E-state index in [2.05, 4.69) is 25.6 Å². The van der Waals surface area contributed by atoms with Crippen LogP contribution in [-0.4, -0.2) is 24.8 Å². The second-order valence-corrected chi connectivity index (χ2v) is 6.86. The number of sulfonamides is 1. The molecule has 7 heteroatoms. The normalized spacial score (nSPS) is 15.5. The van der Waals surface area contributed by atoms with Gasteiger partial charge in [-0.3, -0.25) is 4.98 Å². The van der Waals surface area contributed by atoms with Gasteiger partial charge < -0.3 is 0 Å². The monoisotopic (exact) mass is 340 g/mol. The lowest BCUT2D eigenvalue weighted by molar-refractivity contribution is 0.444. The summed E-state index contributed by atoms with van der Waals surface area (Å²) in [5, 5.41) is 0. The molecule has 4 nitrogen and oxygen atoms in total. The highest BCUT2D eigenvalue weighted by Crippen LogP contribution is 2.19. The average molecular weight is 342 g/mol. The molecule has 0 aliphatic rings. The summed E-state index contributed by atoms with van der Waals surface area (Å²) in [5.41, 5.74) is -0.650. The minimum atomic E-state index is -3.59. The van der Waals surface area contributed by atoms with Crippen LogP contribution in [0.4, 0.5) is 0 Å². The molecule has 0 aliphatic carbocycles. The van der Waals surface area contributed by atoms with Gasteiger partial charge in [-0.25, -0.2) is 13.1 Å². The van der Waals surface area contributed by atoms with Crippen molar-refractivity contribution in [2.24, 2.45) is 0 Å². The summed E-state index contributed by atoms with van der Waals surface area (Å²) < 4.78 is 27.4. The molecule has 1 atom stereocenters. The van der Waals surface area contributed by atoms with Crippen LogP contribution in [0.2, 0.25) is 0 Å². The summed E-state index contributed by atoms with van der Waals surface area (Å²) in [4.78, 5) is 3.96. The number of halogens is 2. The van der Waals surface area contributed by atoms with Crippen LogP contribution >= 0.6 is 27.5 Å². The van der Waals surface area contributed by atoms with E-state index in [4.69, 9.17) is 11.6 Å². The number of nitrogens with one attached hydrogen (secondary N) is 1. The fourth-order valence-electron chi connectivity index (χ4n) is 1.12. The molecule has 0 bridgehead atoms. The lowest BCUT2D eigenvalue weighted by Gasteiger charge is -2.26. The Morgan fingerprint density at radius 2 is 2.18 bits per heavy atom. The number of hydrogen-bond donors (Lipinski definition) is 1. The first-order chi connectivity index (χ1) is 7.83. The smallest absolute Gasteiger partial charge is 0.242 e. The molecule has 0 radical (unpaired) electrons. The maximum absolute atomic E-state index is 12.1. The van der Waals surface area contributed by atoms with Gasteiger partial charge >= 0.3 is 0 Å². The Kier molecular flexibility index (Phi) is 4.95. The Balaban J connectivity index is 3.05. The highest BCUT2D eigenvalue weighted by Gasteiger charge is 2.28. The van der Waals surface area contributed by atoms with Gasteiger partial charge in [0.25, 0.3) is 0 Å². The van der Waals surface area contributed by atoms with E-state index in [-0.39, 0.29) is 10.8 Å². The number of alkyl halides is 1.